The van der Waals surface area contributed by atoms with Crippen molar-refractivity contribution in [3.63, 3.8) is 0 Å². The maximum atomic E-state index is 14.0. The Kier molecular flexibility index (Phi) is 6.06. The number of nitrogens with zero attached hydrogens (tertiary/aromatic N) is 1. The van der Waals surface area contributed by atoms with Crippen LogP contribution in [-0.4, -0.2) is 43.5 Å². The van der Waals surface area contributed by atoms with Crippen LogP contribution in [0.1, 0.15) is 19.4 Å². The van der Waals surface area contributed by atoms with Crippen molar-refractivity contribution in [2.45, 2.75) is 19.3 Å². The predicted octanol–water partition coefficient (Wildman–Crippen LogP) is 0.523. The number of ether oxygens (including phenoxy) is 3. The number of carbonyl (C=O) groups is 4. The van der Waals surface area contributed by atoms with Crippen molar-refractivity contribution in [2.24, 2.45) is 11.5 Å². The van der Waals surface area contributed by atoms with Gasteiger partial charge in [-0.05, 0) is 19.9 Å². The molecule has 1 spiro atoms. The number of allylic oxidation sites excluding steroid dienone is 1. The summed E-state index contributed by atoms with van der Waals surface area (Å²) >= 11 is 0. The van der Waals surface area contributed by atoms with E-state index in [2.05, 4.69) is 6.58 Å². The van der Waals surface area contributed by atoms with Gasteiger partial charge in [0.15, 0.2) is 0 Å². The topological polar surface area (TPSA) is 151 Å². The van der Waals surface area contributed by atoms with Gasteiger partial charge in [0.25, 0.3) is 0 Å². The normalized spacial score (nSPS) is 19.6. The third-order valence-corrected chi connectivity index (χ3v) is 5.11. The summed E-state index contributed by atoms with van der Waals surface area (Å²) in [6.45, 7) is 5.85. The molecular formula is C22H23N3O7. The van der Waals surface area contributed by atoms with Crippen molar-refractivity contribution in [1.29, 1.82) is 0 Å². The summed E-state index contributed by atoms with van der Waals surface area (Å²) in [6.07, 6.45) is 1.35. The van der Waals surface area contributed by atoms with Gasteiger partial charge in [-0.25, -0.2) is 9.59 Å². The van der Waals surface area contributed by atoms with Crippen LogP contribution in [0.4, 0.5) is 5.69 Å². The van der Waals surface area contributed by atoms with Crippen molar-refractivity contribution in [1.82, 2.24) is 0 Å². The number of esters is 2. The van der Waals surface area contributed by atoms with Crippen LogP contribution >= 0.6 is 0 Å². The zero-order valence-electron chi connectivity index (χ0n) is 17.7. The fourth-order valence-corrected chi connectivity index (χ4v) is 4.05. The second-order valence-electron chi connectivity index (χ2n) is 7.00. The summed E-state index contributed by atoms with van der Waals surface area (Å²) in [4.78, 5) is 53.0. The number of para-hydroxylation sites is 1. The molecule has 1 aromatic rings. The fourth-order valence-electron chi connectivity index (χ4n) is 4.05. The van der Waals surface area contributed by atoms with E-state index in [0.29, 0.717) is 0 Å². The first-order valence-electron chi connectivity index (χ1n) is 9.76. The van der Waals surface area contributed by atoms with Crippen molar-refractivity contribution < 1.29 is 33.4 Å². The molecule has 32 heavy (non-hydrogen) atoms. The molecule has 1 atom stereocenters. The third-order valence-electron chi connectivity index (χ3n) is 5.11. The van der Waals surface area contributed by atoms with Crippen LogP contribution < -0.4 is 16.4 Å². The molecular weight excluding hydrogens is 418 g/mol. The van der Waals surface area contributed by atoms with E-state index in [9.17, 15) is 19.2 Å². The Morgan fingerprint density at radius 3 is 2.47 bits per heavy atom. The summed E-state index contributed by atoms with van der Waals surface area (Å²) < 4.78 is 15.9. The van der Waals surface area contributed by atoms with Gasteiger partial charge in [-0.15, -0.1) is 0 Å². The molecule has 0 saturated carbocycles. The minimum absolute atomic E-state index is 0.0224. The van der Waals surface area contributed by atoms with Gasteiger partial charge in [-0.3, -0.25) is 9.59 Å². The molecule has 2 aliphatic rings. The van der Waals surface area contributed by atoms with E-state index in [0.717, 1.165) is 4.90 Å². The van der Waals surface area contributed by atoms with Gasteiger partial charge in [-0.2, -0.15) is 0 Å². The lowest BCUT2D eigenvalue weighted by Gasteiger charge is -2.36. The Morgan fingerprint density at radius 2 is 1.84 bits per heavy atom. The van der Waals surface area contributed by atoms with Gasteiger partial charge in [0.2, 0.25) is 17.7 Å². The first-order valence-corrected chi connectivity index (χ1v) is 9.76. The number of primary amides is 1. The maximum absolute atomic E-state index is 14.0. The number of rotatable bonds is 7. The van der Waals surface area contributed by atoms with Gasteiger partial charge in [0, 0.05) is 11.3 Å². The SMILES string of the molecule is C=CCOC(=O)C1=C(C)OC(N)=C(C(=O)OCC)[C@@]12C(=O)N(CC(N)=O)c1ccccc12. The molecule has 168 valence electrons. The first kappa shape index (κ1) is 22.6. The molecule has 1 aromatic carbocycles. The molecule has 4 N–H and O–H groups in total. The van der Waals surface area contributed by atoms with E-state index in [1.807, 2.05) is 0 Å². The van der Waals surface area contributed by atoms with Gasteiger partial charge < -0.3 is 30.6 Å². The van der Waals surface area contributed by atoms with Gasteiger partial charge in [-0.1, -0.05) is 30.9 Å². The summed E-state index contributed by atoms with van der Waals surface area (Å²) in [5.74, 6) is -3.87. The highest BCUT2D eigenvalue weighted by Crippen LogP contribution is 2.54. The van der Waals surface area contributed by atoms with Gasteiger partial charge >= 0.3 is 11.9 Å². The standard InChI is InChI=1S/C22H23N3O7/c1-4-10-31-19(27)16-12(3)32-18(24)17(20(28)30-5-2)22(16)13-8-6-7-9-14(13)25(21(22)29)11-15(23)26/h4,6-9H,1,5,10-11,24H2,2-3H3,(H2,23,26)/t22-/m0/s1. The Labute approximate surface area is 184 Å². The van der Waals surface area contributed by atoms with Crippen molar-refractivity contribution in [3.05, 3.63) is 65.3 Å². The van der Waals surface area contributed by atoms with E-state index in [-0.39, 0.29) is 41.4 Å². The zero-order valence-corrected chi connectivity index (χ0v) is 17.7. The van der Waals surface area contributed by atoms with Crippen LogP contribution in [0.5, 0.6) is 0 Å². The molecule has 2 aliphatic heterocycles. The van der Waals surface area contributed by atoms with E-state index in [4.69, 9.17) is 25.7 Å². The van der Waals surface area contributed by atoms with Crippen LogP contribution in [-0.2, 0) is 38.8 Å². The maximum Gasteiger partial charge on any atom is 0.341 e. The van der Waals surface area contributed by atoms with Crippen LogP contribution in [0, 0.1) is 0 Å². The Balaban J connectivity index is 2.39. The van der Waals surface area contributed by atoms with E-state index >= 15 is 0 Å². The van der Waals surface area contributed by atoms with Crippen LogP contribution in [0.2, 0.25) is 0 Å². The molecule has 2 heterocycles. The number of hydrogen-bond acceptors (Lipinski definition) is 8. The summed E-state index contributed by atoms with van der Waals surface area (Å²) in [6, 6.07) is 6.39. The molecule has 3 rings (SSSR count). The second kappa shape index (κ2) is 8.58. The predicted molar refractivity (Wildman–Crippen MR) is 112 cm³/mol. The molecule has 10 nitrogen and oxygen atoms in total. The average molecular weight is 441 g/mol. The van der Waals surface area contributed by atoms with Crippen molar-refractivity contribution in [3.8, 4) is 0 Å². The molecule has 0 aliphatic carbocycles. The highest BCUT2D eigenvalue weighted by Gasteiger charge is 2.64. The molecule has 2 amide bonds. The zero-order chi connectivity index (χ0) is 23.6. The quantitative estimate of drug-likeness (QED) is 0.459. The Morgan fingerprint density at radius 1 is 1.19 bits per heavy atom. The van der Waals surface area contributed by atoms with E-state index < -0.39 is 41.6 Å². The molecule has 0 fully saturated rings. The number of fused-ring (bicyclic) bond motifs is 2. The van der Waals surface area contributed by atoms with Gasteiger partial charge in [0.1, 0.15) is 35.5 Å². The average Bonchev–Trinajstić information content (AvgIpc) is 2.95. The molecule has 0 radical (unpaired) electrons. The van der Waals surface area contributed by atoms with Crippen LogP contribution in [0.3, 0.4) is 0 Å². The lowest BCUT2D eigenvalue weighted by Crippen LogP contribution is -2.52. The fraction of sp³-hybridized carbons (Fsp3) is 0.273. The monoisotopic (exact) mass is 441 g/mol. The van der Waals surface area contributed by atoms with Crippen molar-refractivity contribution >= 4 is 29.4 Å². The van der Waals surface area contributed by atoms with E-state index in [1.165, 1.54) is 13.0 Å². The molecule has 0 saturated heterocycles. The number of carbonyl (C=O) groups excluding carboxylic acids is 4. The van der Waals surface area contributed by atoms with Crippen LogP contribution in [0.15, 0.2) is 59.7 Å². The lowest BCUT2D eigenvalue weighted by atomic mass is 9.67. The number of hydrogen-bond donors (Lipinski definition) is 2. The first-order chi connectivity index (χ1) is 15.2. The number of anilines is 1. The minimum Gasteiger partial charge on any atom is -0.462 e. The smallest absolute Gasteiger partial charge is 0.341 e. The highest BCUT2D eigenvalue weighted by molar-refractivity contribution is 6.23. The molecule has 0 unspecified atom stereocenters. The highest BCUT2D eigenvalue weighted by atomic mass is 16.5. The molecule has 10 heteroatoms. The third kappa shape index (κ3) is 3.29. The summed E-state index contributed by atoms with van der Waals surface area (Å²) in [5, 5.41) is 0. The molecule has 0 bridgehead atoms. The lowest BCUT2D eigenvalue weighted by molar-refractivity contribution is -0.143. The number of nitrogens with two attached hydrogens (primary N) is 2. The summed E-state index contributed by atoms with van der Waals surface area (Å²) in [7, 11) is 0. The minimum atomic E-state index is -2.05. The second-order valence-corrected chi connectivity index (χ2v) is 7.00. The summed E-state index contributed by atoms with van der Waals surface area (Å²) in [5.41, 5.74) is 9.29. The van der Waals surface area contributed by atoms with Crippen LogP contribution in [0.25, 0.3) is 0 Å². The van der Waals surface area contributed by atoms with Gasteiger partial charge in [0.05, 0.1) is 6.61 Å². The van der Waals surface area contributed by atoms with Crippen molar-refractivity contribution in [2.75, 3.05) is 24.7 Å². The Hall–Kier alpha value is -4.08. The molecule has 0 aromatic heterocycles. The Bertz CT molecular complexity index is 1090. The van der Waals surface area contributed by atoms with E-state index in [1.54, 1.807) is 31.2 Å². The largest absolute Gasteiger partial charge is 0.462 e. The number of benzene rings is 1. The number of amides is 2.